The van der Waals surface area contributed by atoms with Crippen LogP contribution in [0.4, 0.5) is 15.9 Å². The van der Waals surface area contributed by atoms with E-state index in [1.54, 1.807) is 55.8 Å². The average molecular weight is 441 g/mol. The van der Waals surface area contributed by atoms with Gasteiger partial charge in [0.1, 0.15) is 29.6 Å². The van der Waals surface area contributed by atoms with Gasteiger partial charge in [-0.25, -0.2) is 17.8 Å². The van der Waals surface area contributed by atoms with Crippen molar-refractivity contribution in [3.05, 3.63) is 72.4 Å². The van der Waals surface area contributed by atoms with Gasteiger partial charge < -0.3 is 14.9 Å². The summed E-state index contributed by atoms with van der Waals surface area (Å²) in [4.78, 5) is 4.11. The van der Waals surface area contributed by atoms with Crippen LogP contribution in [0, 0.1) is 5.82 Å². The first-order valence-corrected chi connectivity index (χ1v) is 11.2. The first-order valence-electron chi connectivity index (χ1n) is 9.50. The van der Waals surface area contributed by atoms with E-state index in [1.165, 1.54) is 12.1 Å². The van der Waals surface area contributed by atoms with Gasteiger partial charge in [0.05, 0.1) is 23.1 Å². The summed E-state index contributed by atoms with van der Waals surface area (Å²) < 4.78 is 51.4. The molecule has 0 unspecified atom stereocenters. The molecule has 7 nitrogen and oxygen atoms in total. The van der Waals surface area contributed by atoms with Crippen molar-refractivity contribution in [2.75, 3.05) is 16.2 Å². The van der Waals surface area contributed by atoms with Gasteiger partial charge in [0.2, 0.25) is 10.0 Å². The Morgan fingerprint density at radius 1 is 1.16 bits per heavy atom. The molecular formula is C22H20FN3O4S. The van der Waals surface area contributed by atoms with Crippen LogP contribution >= 0.6 is 0 Å². The van der Waals surface area contributed by atoms with Gasteiger partial charge >= 0.3 is 0 Å². The largest absolute Gasteiger partial charge is 0.487 e. The Kier molecular flexibility index (Phi) is 5.51. The molecule has 2 aromatic carbocycles. The van der Waals surface area contributed by atoms with Crippen molar-refractivity contribution in [3.63, 3.8) is 0 Å². The SMILES string of the molecule is CCS(=O)(=O)Nc1ccc(-c2coc3ccnc(N)c23)cc1OCc1ccc(F)cc1. The number of hydrogen-bond donors (Lipinski definition) is 2. The van der Waals surface area contributed by atoms with E-state index in [0.29, 0.717) is 39.4 Å². The highest BCUT2D eigenvalue weighted by Gasteiger charge is 2.16. The molecule has 3 N–H and O–H groups in total. The molecule has 0 atom stereocenters. The Hall–Kier alpha value is -3.59. The number of aromatic nitrogens is 1. The van der Waals surface area contributed by atoms with Gasteiger partial charge in [0.25, 0.3) is 0 Å². The maximum absolute atomic E-state index is 13.2. The number of nitrogens with two attached hydrogens (primary N) is 1. The van der Waals surface area contributed by atoms with Gasteiger partial charge in [-0.15, -0.1) is 0 Å². The van der Waals surface area contributed by atoms with Crippen LogP contribution in [0.5, 0.6) is 5.75 Å². The van der Waals surface area contributed by atoms with E-state index in [-0.39, 0.29) is 18.2 Å². The molecule has 9 heteroatoms. The zero-order valence-electron chi connectivity index (χ0n) is 16.6. The van der Waals surface area contributed by atoms with Crippen molar-refractivity contribution in [3.8, 4) is 16.9 Å². The molecule has 0 saturated carbocycles. The number of nitrogens with zero attached hydrogens (tertiary/aromatic N) is 1. The molecule has 0 aliphatic carbocycles. The fourth-order valence-electron chi connectivity index (χ4n) is 3.10. The van der Waals surface area contributed by atoms with Crippen LogP contribution in [0.3, 0.4) is 0 Å². The minimum absolute atomic E-state index is 0.0826. The Balaban J connectivity index is 1.74. The summed E-state index contributed by atoms with van der Waals surface area (Å²) >= 11 is 0. The number of rotatable bonds is 7. The predicted molar refractivity (Wildman–Crippen MR) is 118 cm³/mol. The average Bonchev–Trinajstić information content (AvgIpc) is 3.19. The second kappa shape index (κ2) is 8.27. The highest BCUT2D eigenvalue weighted by atomic mass is 32.2. The maximum atomic E-state index is 13.2. The minimum Gasteiger partial charge on any atom is -0.487 e. The van der Waals surface area contributed by atoms with E-state index >= 15 is 0 Å². The van der Waals surface area contributed by atoms with E-state index in [2.05, 4.69) is 9.71 Å². The number of benzene rings is 2. The van der Waals surface area contributed by atoms with Crippen LogP contribution in [-0.4, -0.2) is 19.2 Å². The molecule has 0 amide bonds. The number of fused-ring (bicyclic) bond motifs is 1. The lowest BCUT2D eigenvalue weighted by Gasteiger charge is -2.15. The molecule has 4 rings (SSSR count). The minimum atomic E-state index is -3.52. The monoisotopic (exact) mass is 441 g/mol. The summed E-state index contributed by atoms with van der Waals surface area (Å²) in [6.45, 7) is 1.67. The van der Waals surface area contributed by atoms with Crippen LogP contribution in [0.1, 0.15) is 12.5 Å². The number of halogens is 1. The number of furan rings is 1. The Morgan fingerprint density at radius 3 is 2.68 bits per heavy atom. The standard InChI is InChI=1S/C22H20FN3O4S/c1-2-31(27,28)26-18-8-5-15(17-13-30-19-9-10-25-22(24)21(17)19)11-20(18)29-12-14-3-6-16(23)7-4-14/h3-11,13,26H,2,12H2,1H3,(H2,24,25). The van der Waals surface area contributed by atoms with Gasteiger partial charge in [0.15, 0.2) is 0 Å². The van der Waals surface area contributed by atoms with E-state index in [1.807, 2.05) is 0 Å². The first-order chi connectivity index (χ1) is 14.9. The fraction of sp³-hybridized carbons (Fsp3) is 0.136. The lowest BCUT2D eigenvalue weighted by molar-refractivity contribution is 0.308. The van der Waals surface area contributed by atoms with E-state index < -0.39 is 10.0 Å². The van der Waals surface area contributed by atoms with Gasteiger partial charge in [-0.1, -0.05) is 18.2 Å². The topological polar surface area (TPSA) is 107 Å². The number of sulfonamides is 1. The summed E-state index contributed by atoms with van der Waals surface area (Å²) in [6.07, 6.45) is 3.13. The summed E-state index contributed by atoms with van der Waals surface area (Å²) in [6, 6.07) is 12.7. The number of anilines is 2. The van der Waals surface area contributed by atoms with E-state index in [4.69, 9.17) is 14.9 Å². The molecule has 2 heterocycles. The van der Waals surface area contributed by atoms with Crippen LogP contribution in [0.2, 0.25) is 0 Å². The Bertz CT molecular complexity index is 1330. The molecule has 0 fully saturated rings. The molecular weight excluding hydrogens is 421 g/mol. The third kappa shape index (κ3) is 4.46. The summed E-state index contributed by atoms with van der Waals surface area (Å²) in [5.41, 5.74) is 9.07. The van der Waals surface area contributed by atoms with Crippen LogP contribution < -0.4 is 15.2 Å². The molecule has 2 aromatic heterocycles. The summed E-state index contributed by atoms with van der Waals surface area (Å²) in [5, 5.41) is 0.661. The number of nitrogen functional groups attached to an aromatic ring is 1. The van der Waals surface area contributed by atoms with Crippen LogP contribution in [0.25, 0.3) is 22.1 Å². The molecule has 0 saturated heterocycles. The van der Waals surface area contributed by atoms with Crippen molar-refractivity contribution >= 4 is 32.5 Å². The second-order valence-corrected chi connectivity index (χ2v) is 8.86. The molecule has 160 valence electrons. The lowest BCUT2D eigenvalue weighted by Crippen LogP contribution is -2.15. The fourth-order valence-corrected chi connectivity index (χ4v) is 3.75. The van der Waals surface area contributed by atoms with Crippen molar-refractivity contribution < 1.29 is 22.0 Å². The van der Waals surface area contributed by atoms with Crippen LogP contribution in [0.15, 0.2) is 65.4 Å². The highest BCUT2D eigenvalue weighted by molar-refractivity contribution is 7.92. The van der Waals surface area contributed by atoms with Crippen molar-refractivity contribution in [1.29, 1.82) is 0 Å². The number of ether oxygens (including phenoxy) is 1. The second-order valence-electron chi connectivity index (χ2n) is 6.85. The molecule has 4 aromatic rings. The third-order valence-corrected chi connectivity index (χ3v) is 6.05. The smallest absolute Gasteiger partial charge is 0.232 e. The predicted octanol–water partition coefficient (Wildman–Crippen LogP) is 4.56. The molecule has 0 spiro atoms. The zero-order valence-corrected chi connectivity index (χ0v) is 17.4. The number of hydrogen-bond acceptors (Lipinski definition) is 6. The van der Waals surface area contributed by atoms with Gasteiger partial charge in [-0.2, -0.15) is 0 Å². The summed E-state index contributed by atoms with van der Waals surface area (Å²) in [5.74, 6) is 0.211. The van der Waals surface area contributed by atoms with E-state index in [9.17, 15) is 12.8 Å². The molecule has 0 radical (unpaired) electrons. The molecule has 31 heavy (non-hydrogen) atoms. The van der Waals surface area contributed by atoms with Crippen LogP contribution in [-0.2, 0) is 16.6 Å². The first kappa shape index (κ1) is 20.7. The third-order valence-electron chi connectivity index (χ3n) is 4.76. The van der Waals surface area contributed by atoms with Crippen molar-refractivity contribution in [2.24, 2.45) is 0 Å². The van der Waals surface area contributed by atoms with Crippen molar-refractivity contribution in [2.45, 2.75) is 13.5 Å². The van der Waals surface area contributed by atoms with Gasteiger partial charge in [-0.05, 0) is 48.4 Å². The van der Waals surface area contributed by atoms with Gasteiger partial charge in [-0.3, -0.25) is 4.72 Å². The number of nitrogens with one attached hydrogen (secondary N) is 1. The Morgan fingerprint density at radius 2 is 1.94 bits per heavy atom. The number of pyridine rings is 1. The molecule has 0 aliphatic rings. The summed E-state index contributed by atoms with van der Waals surface area (Å²) in [7, 11) is -3.52. The van der Waals surface area contributed by atoms with Crippen molar-refractivity contribution in [1.82, 2.24) is 4.98 Å². The lowest BCUT2D eigenvalue weighted by atomic mass is 10.0. The molecule has 0 aliphatic heterocycles. The highest BCUT2D eigenvalue weighted by Crippen LogP contribution is 2.37. The zero-order chi connectivity index (χ0) is 22.0. The van der Waals surface area contributed by atoms with Gasteiger partial charge in [0, 0.05) is 11.8 Å². The quantitative estimate of drug-likeness (QED) is 0.435. The van der Waals surface area contributed by atoms with E-state index in [0.717, 1.165) is 5.56 Å². The Labute approximate surface area is 178 Å². The normalized spacial score (nSPS) is 11.5. The maximum Gasteiger partial charge on any atom is 0.232 e. The molecule has 0 bridgehead atoms.